The average molecular weight is 726 g/mol. The highest BCUT2D eigenvalue weighted by atomic mass is 16.7. The third kappa shape index (κ3) is 6.18. The Labute approximate surface area is 339 Å². The van der Waals surface area contributed by atoms with Gasteiger partial charge < -0.3 is 13.9 Å². The van der Waals surface area contributed by atoms with Gasteiger partial charge >= 0.3 is 7.12 Å². The van der Waals surface area contributed by atoms with Crippen LogP contribution >= 0.6 is 0 Å². The molecule has 0 unspecified atom stereocenters. The van der Waals surface area contributed by atoms with Crippen LogP contribution in [0, 0.1) is 0 Å². The maximum absolute atomic E-state index is 6.64. The minimum absolute atomic E-state index is 0.0999. The summed E-state index contributed by atoms with van der Waals surface area (Å²) in [5, 5.41) is 2.20. The predicted molar refractivity (Wildman–Crippen MR) is 239 cm³/mol. The number of hydrogen-bond acceptors (Lipinski definition) is 5. The van der Waals surface area contributed by atoms with Crippen molar-refractivity contribution in [3.8, 4) is 51.0 Å². The zero-order valence-corrected chi connectivity index (χ0v) is 32.1. The molecule has 9 rings (SSSR count). The summed E-state index contributed by atoms with van der Waals surface area (Å²) in [6, 6.07) is 41.1. The number of rotatable bonds is 6. The van der Waals surface area contributed by atoms with Gasteiger partial charge in [-0.1, -0.05) is 108 Å². The lowest BCUT2D eigenvalue weighted by molar-refractivity contribution is 0.00578. The third-order valence-corrected chi connectivity index (χ3v) is 11.4. The smallest absolute Gasteiger partial charge is 0.399 e. The molecule has 10 radical (unpaired) electrons. The first-order valence-electron chi connectivity index (χ1n) is 18.7. The summed E-state index contributed by atoms with van der Waals surface area (Å²) >= 11 is 0. The average Bonchev–Trinajstić information content (AvgIpc) is 3.67. The first-order valence-corrected chi connectivity index (χ1v) is 18.7. The van der Waals surface area contributed by atoms with Gasteiger partial charge in [0.15, 0.2) is 17.5 Å². The summed E-state index contributed by atoms with van der Waals surface area (Å²) in [5.74, 6) is 0.932. The van der Waals surface area contributed by atoms with Crippen molar-refractivity contribution in [3.63, 3.8) is 0 Å². The van der Waals surface area contributed by atoms with E-state index in [0.717, 1.165) is 49.6 Å². The maximum Gasteiger partial charge on any atom is 0.494 e. The zero-order valence-electron chi connectivity index (χ0n) is 32.1. The molecular formula is C45H32B6N4O2. The molecule has 0 bridgehead atoms. The highest BCUT2D eigenvalue weighted by molar-refractivity contribution is 6.68. The number of fused-ring (bicyclic) bond motifs is 3. The molecule has 0 aliphatic carbocycles. The zero-order chi connectivity index (χ0) is 39.8. The first kappa shape index (κ1) is 37.0. The van der Waals surface area contributed by atoms with Crippen molar-refractivity contribution in [1.82, 2.24) is 19.5 Å². The van der Waals surface area contributed by atoms with Gasteiger partial charge in [0.25, 0.3) is 0 Å². The number of nitrogens with zero attached hydrogens (tertiary/aromatic N) is 4. The summed E-state index contributed by atoms with van der Waals surface area (Å²) in [5.41, 5.74) is 6.94. The topological polar surface area (TPSA) is 62.1 Å². The molecule has 0 saturated carbocycles. The van der Waals surface area contributed by atoms with Crippen LogP contribution in [0.5, 0.6) is 0 Å². The molecule has 0 spiro atoms. The Hall–Kier alpha value is -5.56. The van der Waals surface area contributed by atoms with Crippen LogP contribution in [0.2, 0.25) is 0 Å². The second-order valence-electron chi connectivity index (χ2n) is 15.4. The van der Waals surface area contributed by atoms with Crippen molar-refractivity contribution in [2.24, 2.45) is 0 Å². The molecule has 57 heavy (non-hydrogen) atoms. The van der Waals surface area contributed by atoms with Gasteiger partial charge in [-0.05, 0) is 68.6 Å². The van der Waals surface area contributed by atoms with E-state index >= 15 is 0 Å². The first-order chi connectivity index (χ1) is 27.3. The second kappa shape index (κ2) is 13.8. The Balaban J connectivity index is 1.37. The molecule has 6 aromatic carbocycles. The Bertz CT molecular complexity index is 2840. The molecule has 1 fully saturated rings. The van der Waals surface area contributed by atoms with Gasteiger partial charge in [-0.25, -0.2) is 15.0 Å². The fourth-order valence-electron chi connectivity index (χ4n) is 7.51. The van der Waals surface area contributed by atoms with Crippen molar-refractivity contribution < 1.29 is 9.31 Å². The van der Waals surface area contributed by atoms with Crippen LogP contribution in [0.4, 0.5) is 0 Å². The van der Waals surface area contributed by atoms with E-state index in [-0.39, 0.29) is 38.7 Å². The second-order valence-corrected chi connectivity index (χ2v) is 15.4. The van der Waals surface area contributed by atoms with Gasteiger partial charge in [0.2, 0.25) is 0 Å². The van der Waals surface area contributed by atoms with Crippen LogP contribution in [0.15, 0.2) is 121 Å². The van der Waals surface area contributed by atoms with Crippen molar-refractivity contribution in [3.05, 3.63) is 121 Å². The van der Waals surface area contributed by atoms with Gasteiger partial charge in [-0.15, -0.1) is 16.4 Å². The van der Waals surface area contributed by atoms with E-state index in [1.165, 1.54) is 0 Å². The summed E-state index contributed by atoms with van der Waals surface area (Å²) in [6.07, 6.45) is 0. The molecule has 1 saturated heterocycles. The van der Waals surface area contributed by atoms with E-state index in [1.54, 1.807) is 0 Å². The molecule has 0 atom stereocenters. The van der Waals surface area contributed by atoms with Crippen LogP contribution in [0.25, 0.3) is 72.8 Å². The van der Waals surface area contributed by atoms with Crippen LogP contribution in [0.1, 0.15) is 27.7 Å². The molecule has 2 aromatic heterocycles. The molecule has 8 aromatic rings. The molecule has 1 aliphatic heterocycles. The largest absolute Gasteiger partial charge is 0.494 e. The van der Waals surface area contributed by atoms with Crippen molar-refractivity contribution in [2.45, 2.75) is 38.9 Å². The van der Waals surface area contributed by atoms with E-state index < -0.39 is 18.3 Å². The van der Waals surface area contributed by atoms with Gasteiger partial charge in [-0.2, -0.15) is 0 Å². The lowest BCUT2D eigenvalue weighted by atomic mass is 9.60. The quantitative estimate of drug-likeness (QED) is 0.244. The number of aromatic nitrogens is 4. The third-order valence-electron chi connectivity index (χ3n) is 11.4. The van der Waals surface area contributed by atoms with E-state index in [9.17, 15) is 0 Å². The number of benzene rings is 6. The molecule has 6 nitrogen and oxygen atoms in total. The van der Waals surface area contributed by atoms with E-state index in [1.807, 2.05) is 94.4 Å². The van der Waals surface area contributed by atoms with Crippen LogP contribution in [0.3, 0.4) is 0 Å². The minimum Gasteiger partial charge on any atom is -0.399 e. The van der Waals surface area contributed by atoms with Crippen LogP contribution in [-0.4, -0.2) is 77.1 Å². The Morgan fingerprint density at radius 3 is 1.70 bits per heavy atom. The van der Waals surface area contributed by atoms with E-state index in [4.69, 9.17) is 63.5 Å². The highest BCUT2D eigenvalue weighted by Gasteiger charge is 2.51. The van der Waals surface area contributed by atoms with E-state index in [2.05, 4.69) is 59.2 Å². The minimum atomic E-state index is -0.663. The summed E-state index contributed by atoms with van der Waals surface area (Å²) in [4.78, 5) is 15.2. The molecule has 3 heterocycles. The van der Waals surface area contributed by atoms with Gasteiger partial charge in [0, 0.05) is 27.5 Å². The van der Waals surface area contributed by atoms with Gasteiger partial charge in [0.1, 0.15) is 39.2 Å². The van der Waals surface area contributed by atoms with Crippen LogP contribution in [-0.2, 0) is 9.31 Å². The number of hydrogen-bond donors (Lipinski definition) is 0. The normalized spacial score (nSPS) is 14.8. The number of para-hydroxylation sites is 1. The molecular weight excluding hydrogens is 693 g/mol. The van der Waals surface area contributed by atoms with Crippen LogP contribution < -0.4 is 32.8 Å². The fourth-order valence-corrected chi connectivity index (χ4v) is 7.51. The fraction of sp³-hybridized carbons (Fsp3) is 0.133. The molecule has 262 valence electrons. The van der Waals surface area contributed by atoms with Gasteiger partial charge in [-0.3, -0.25) is 0 Å². The molecule has 1 aliphatic rings. The predicted octanol–water partition coefficient (Wildman–Crippen LogP) is 3.90. The lowest BCUT2D eigenvalue weighted by Crippen LogP contribution is -2.55. The monoisotopic (exact) mass is 726 g/mol. The van der Waals surface area contributed by atoms with Gasteiger partial charge in [0.05, 0.1) is 27.9 Å². The summed E-state index contributed by atoms with van der Waals surface area (Å²) < 4.78 is 15.4. The Morgan fingerprint density at radius 2 is 1.04 bits per heavy atom. The van der Waals surface area contributed by atoms with Crippen molar-refractivity contribution in [1.29, 1.82) is 0 Å². The van der Waals surface area contributed by atoms with Crippen molar-refractivity contribution in [2.75, 3.05) is 0 Å². The maximum atomic E-state index is 6.64. The lowest BCUT2D eigenvalue weighted by Gasteiger charge is -2.32. The summed E-state index contributed by atoms with van der Waals surface area (Å²) in [7, 11) is 31.6. The molecule has 0 amide bonds. The Morgan fingerprint density at radius 1 is 0.491 bits per heavy atom. The summed E-state index contributed by atoms with van der Waals surface area (Å²) in [6.45, 7) is 8.14. The molecule has 0 N–H and O–H groups in total. The standard InChI is InChI=1S/C45H32B6N4O2/c1-44(2)45(3,4)57-51(56-44)28-20-22-33(55-32-18-12-11-17-29(32)30-21-19-27(23-34(30)55)25-13-7-5-8-14-25)31(24-28)42-52-41(26-15-9-6-10-16-26)53-43(54-42)35-36(46)38(48)40(50)39(49)37(35)47/h5-24H,1-4H3. The SMILES string of the molecule is [B]c1c([B])c([B])c(-c2nc(-c3ccccc3)nc(-c3cc(B4OC(C)(C)C(C)(C)O4)ccc3-n3c4ccccc4c4ccc(-c5ccccc5)cc43)n2)c([B])c1[B]. The Kier molecular flexibility index (Phi) is 8.98. The van der Waals surface area contributed by atoms with E-state index in [0.29, 0.717) is 17.2 Å². The molecule has 12 heteroatoms. The van der Waals surface area contributed by atoms with Crippen molar-refractivity contribution >= 4 is 101 Å². The highest BCUT2D eigenvalue weighted by Crippen LogP contribution is 2.40.